The molecule has 0 saturated carbocycles. The average molecular weight is 355 g/mol. The Kier molecular flexibility index (Phi) is 4.86. The van der Waals surface area contributed by atoms with Gasteiger partial charge >= 0.3 is 5.63 Å². The molecule has 1 N–H and O–H groups in total. The third-order valence-electron chi connectivity index (χ3n) is 4.19. The van der Waals surface area contributed by atoms with Crippen LogP contribution in [0.15, 0.2) is 45.6 Å². The van der Waals surface area contributed by atoms with Gasteiger partial charge in [-0.3, -0.25) is 0 Å². The highest BCUT2D eigenvalue weighted by Crippen LogP contribution is 2.33. The molecule has 0 bridgehead atoms. The second-order valence-corrected chi connectivity index (χ2v) is 6.36. The van der Waals surface area contributed by atoms with Crippen LogP contribution >= 0.6 is 0 Å². The Morgan fingerprint density at radius 1 is 1.04 bits per heavy atom. The van der Waals surface area contributed by atoms with Gasteiger partial charge in [0.15, 0.2) is 11.5 Å². The van der Waals surface area contributed by atoms with Gasteiger partial charge < -0.3 is 23.9 Å². The maximum atomic E-state index is 12.6. The summed E-state index contributed by atoms with van der Waals surface area (Å²) in [6, 6.07) is 10.2. The highest BCUT2D eigenvalue weighted by molar-refractivity contribution is 5.85. The van der Waals surface area contributed by atoms with E-state index in [4.69, 9.17) is 13.9 Å². The predicted octanol–water partition coefficient (Wildman–Crippen LogP) is 1.20. The van der Waals surface area contributed by atoms with Gasteiger partial charge in [-0.1, -0.05) is 23.9 Å². The van der Waals surface area contributed by atoms with Gasteiger partial charge in [-0.25, -0.2) is 4.79 Å². The normalized spacial score (nSPS) is 11.1. The highest BCUT2D eigenvalue weighted by atomic mass is 16.5. The van der Waals surface area contributed by atoms with Gasteiger partial charge in [-0.05, 0) is 23.8 Å². The van der Waals surface area contributed by atoms with Crippen LogP contribution in [0.25, 0.3) is 22.1 Å². The first-order valence-electron chi connectivity index (χ1n) is 8.22. The topological polar surface area (TPSA) is 76.2 Å². The van der Waals surface area contributed by atoms with Crippen molar-refractivity contribution in [2.24, 2.45) is 0 Å². The molecule has 3 aromatic rings. The molecule has 0 aliphatic heterocycles. The van der Waals surface area contributed by atoms with E-state index in [2.05, 4.69) is 0 Å². The van der Waals surface area contributed by atoms with E-state index in [0.717, 1.165) is 4.90 Å². The Morgan fingerprint density at radius 2 is 1.77 bits per heavy atom. The minimum atomic E-state index is -0.495. The number of quaternary nitrogens is 1. The molecule has 0 aliphatic carbocycles. The first kappa shape index (κ1) is 17.8. The quantitative estimate of drug-likeness (QED) is 0.696. The molecule has 1 aromatic heterocycles. The third-order valence-corrected chi connectivity index (χ3v) is 4.19. The Labute approximate surface area is 151 Å². The fourth-order valence-corrected chi connectivity index (χ4v) is 2.95. The van der Waals surface area contributed by atoms with E-state index in [9.17, 15) is 9.90 Å². The van der Waals surface area contributed by atoms with Gasteiger partial charge in [0.2, 0.25) is 0 Å². The van der Waals surface area contributed by atoms with Crippen molar-refractivity contribution in [3.8, 4) is 28.4 Å². The lowest BCUT2D eigenvalue weighted by Gasteiger charge is -2.17. The molecule has 0 aliphatic rings. The lowest BCUT2D eigenvalue weighted by atomic mass is 10.0. The molecular weight excluding hydrogens is 334 g/mol. The van der Waals surface area contributed by atoms with Gasteiger partial charge in [0.1, 0.15) is 12.1 Å². The van der Waals surface area contributed by atoms with E-state index >= 15 is 0 Å². The SMILES string of the molecule is COc1ccc(-c2cc3ccc([O-])c(C[NH+](C)C)c3oc2=O)cc1OC. The number of ether oxygens (including phenoxy) is 2. The monoisotopic (exact) mass is 355 g/mol. The van der Waals surface area contributed by atoms with Crippen LogP contribution in [0, 0.1) is 0 Å². The summed E-state index contributed by atoms with van der Waals surface area (Å²) in [7, 11) is 6.97. The van der Waals surface area contributed by atoms with E-state index in [0.29, 0.717) is 45.7 Å². The van der Waals surface area contributed by atoms with Crippen molar-refractivity contribution in [3.63, 3.8) is 0 Å². The van der Waals surface area contributed by atoms with Crippen LogP contribution in [0.1, 0.15) is 5.56 Å². The molecule has 0 spiro atoms. The zero-order valence-electron chi connectivity index (χ0n) is 15.2. The minimum absolute atomic E-state index is 0.124. The third kappa shape index (κ3) is 3.23. The molecule has 6 heteroatoms. The van der Waals surface area contributed by atoms with Crippen molar-refractivity contribution in [1.29, 1.82) is 0 Å². The maximum Gasteiger partial charge on any atom is 0.344 e. The molecule has 0 saturated heterocycles. The van der Waals surface area contributed by atoms with Crippen LogP contribution in [0.3, 0.4) is 0 Å². The zero-order valence-corrected chi connectivity index (χ0v) is 15.2. The summed E-state index contributed by atoms with van der Waals surface area (Å²) in [5, 5.41) is 12.9. The Morgan fingerprint density at radius 3 is 2.42 bits per heavy atom. The minimum Gasteiger partial charge on any atom is -0.872 e. The largest absolute Gasteiger partial charge is 0.872 e. The number of hydrogen-bond donors (Lipinski definition) is 1. The predicted molar refractivity (Wildman–Crippen MR) is 97.0 cm³/mol. The van der Waals surface area contributed by atoms with Crippen LogP contribution in [-0.2, 0) is 6.54 Å². The summed E-state index contributed by atoms with van der Waals surface area (Å²) >= 11 is 0. The summed E-state index contributed by atoms with van der Waals surface area (Å²) in [6.45, 7) is 0.481. The fourth-order valence-electron chi connectivity index (χ4n) is 2.95. The Balaban J connectivity index is 2.19. The average Bonchev–Trinajstić information content (AvgIpc) is 2.63. The van der Waals surface area contributed by atoms with Gasteiger partial charge in [0.25, 0.3) is 0 Å². The molecule has 3 rings (SSSR count). The van der Waals surface area contributed by atoms with Crippen LogP contribution < -0.4 is 25.1 Å². The van der Waals surface area contributed by atoms with Crippen molar-refractivity contribution in [3.05, 3.63) is 52.4 Å². The van der Waals surface area contributed by atoms with Crippen molar-refractivity contribution in [1.82, 2.24) is 0 Å². The van der Waals surface area contributed by atoms with Crippen molar-refractivity contribution < 1.29 is 23.9 Å². The molecule has 2 aromatic carbocycles. The first-order valence-corrected chi connectivity index (χ1v) is 8.22. The Hall–Kier alpha value is -2.99. The van der Waals surface area contributed by atoms with Crippen molar-refractivity contribution >= 4 is 11.0 Å². The number of methoxy groups -OCH3 is 2. The summed E-state index contributed by atoms with van der Waals surface area (Å²) in [5.74, 6) is 0.977. The molecule has 0 unspecified atom stereocenters. The molecule has 0 radical (unpaired) electrons. The van der Waals surface area contributed by atoms with Gasteiger partial charge in [-0.2, -0.15) is 0 Å². The number of nitrogens with one attached hydrogen (secondary N) is 1. The number of fused-ring (bicyclic) bond motifs is 1. The zero-order chi connectivity index (χ0) is 18.8. The molecular formula is C20H21NO5. The van der Waals surface area contributed by atoms with Gasteiger partial charge in [0, 0.05) is 10.9 Å². The van der Waals surface area contributed by atoms with E-state index in [1.54, 1.807) is 37.4 Å². The lowest BCUT2D eigenvalue weighted by Crippen LogP contribution is -3.04. The maximum absolute atomic E-state index is 12.6. The summed E-state index contributed by atoms with van der Waals surface area (Å²) in [4.78, 5) is 13.7. The van der Waals surface area contributed by atoms with E-state index in [1.807, 2.05) is 14.1 Å². The molecule has 0 atom stereocenters. The second-order valence-electron chi connectivity index (χ2n) is 6.36. The number of benzene rings is 2. The second kappa shape index (κ2) is 7.09. The smallest absolute Gasteiger partial charge is 0.344 e. The number of hydrogen-bond acceptors (Lipinski definition) is 5. The molecule has 1 heterocycles. The van der Waals surface area contributed by atoms with Gasteiger partial charge in [-0.15, -0.1) is 0 Å². The van der Waals surface area contributed by atoms with Gasteiger partial charge in [0.05, 0.1) is 33.9 Å². The Bertz CT molecular complexity index is 1010. The van der Waals surface area contributed by atoms with Crippen molar-refractivity contribution in [2.45, 2.75) is 6.54 Å². The molecule has 26 heavy (non-hydrogen) atoms. The van der Waals surface area contributed by atoms with Crippen LogP contribution in [0.5, 0.6) is 17.2 Å². The lowest BCUT2D eigenvalue weighted by molar-refractivity contribution is -0.872. The van der Waals surface area contributed by atoms with E-state index in [1.165, 1.54) is 13.2 Å². The summed E-state index contributed by atoms with van der Waals surface area (Å²) < 4.78 is 16.1. The van der Waals surface area contributed by atoms with Crippen molar-refractivity contribution in [2.75, 3.05) is 28.3 Å². The highest BCUT2D eigenvalue weighted by Gasteiger charge is 2.14. The molecule has 6 nitrogen and oxygen atoms in total. The van der Waals surface area contributed by atoms with E-state index in [-0.39, 0.29) is 5.75 Å². The van der Waals surface area contributed by atoms with Crippen LogP contribution in [-0.4, -0.2) is 28.3 Å². The first-order chi connectivity index (χ1) is 12.4. The van der Waals surface area contributed by atoms with Crippen LogP contribution in [0.4, 0.5) is 0 Å². The summed E-state index contributed by atoms with van der Waals surface area (Å²) in [5.41, 5.74) is 1.43. The standard InChI is InChI=1S/C20H21NO5/c1-21(2)11-15-16(22)7-5-13-9-14(20(23)26-19(13)15)12-6-8-17(24-3)18(10-12)25-4/h5-10,22H,11H2,1-4H3. The molecule has 0 amide bonds. The number of rotatable bonds is 5. The molecule has 136 valence electrons. The summed E-state index contributed by atoms with van der Waals surface area (Å²) in [6.07, 6.45) is 0. The van der Waals surface area contributed by atoms with E-state index < -0.39 is 5.63 Å². The molecule has 0 fully saturated rings. The van der Waals surface area contributed by atoms with Crippen LogP contribution in [0.2, 0.25) is 0 Å². The fraction of sp³-hybridized carbons (Fsp3) is 0.250.